The lowest BCUT2D eigenvalue weighted by molar-refractivity contribution is -0.123. The van der Waals surface area contributed by atoms with Gasteiger partial charge in [-0.25, -0.2) is 4.79 Å². The number of amides is 1. The highest BCUT2D eigenvalue weighted by molar-refractivity contribution is 8.26. The summed E-state index contributed by atoms with van der Waals surface area (Å²) in [6.45, 7) is 3.18. The molecule has 0 spiro atoms. The number of carbonyl (C=O) groups excluding carboxylic acids is 2. The number of thiocarbonyl (C=S) groups is 1. The summed E-state index contributed by atoms with van der Waals surface area (Å²) in [6, 6.07) is 14.3. The summed E-state index contributed by atoms with van der Waals surface area (Å²) in [7, 11) is 0. The number of carbonyl (C=O) groups is 2. The van der Waals surface area contributed by atoms with E-state index in [0.717, 1.165) is 30.6 Å². The number of benzene rings is 2. The van der Waals surface area contributed by atoms with Crippen LogP contribution in [0.2, 0.25) is 0 Å². The highest BCUT2D eigenvalue weighted by atomic mass is 32.2. The van der Waals surface area contributed by atoms with Crippen LogP contribution < -0.4 is 4.74 Å². The Morgan fingerprint density at radius 3 is 2.80 bits per heavy atom. The van der Waals surface area contributed by atoms with Gasteiger partial charge in [0.2, 0.25) is 0 Å². The molecule has 0 aliphatic carbocycles. The van der Waals surface area contributed by atoms with E-state index in [1.165, 1.54) is 11.8 Å². The molecule has 2 fully saturated rings. The minimum Gasteiger partial charge on any atom is -0.423 e. The highest BCUT2D eigenvalue weighted by Gasteiger charge is 2.34. The first-order chi connectivity index (χ1) is 14.5. The average molecular weight is 440 g/mol. The summed E-state index contributed by atoms with van der Waals surface area (Å²) < 4.78 is 11.6. The lowest BCUT2D eigenvalue weighted by atomic mass is 10.1. The van der Waals surface area contributed by atoms with E-state index in [2.05, 4.69) is 0 Å². The van der Waals surface area contributed by atoms with Crippen molar-refractivity contribution in [2.75, 3.05) is 13.2 Å². The van der Waals surface area contributed by atoms with Gasteiger partial charge < -0.3 is 9.47 Å². The van der Waals surface area contributed by atoms with E-state index in [9.17, 15) is 9.59 Å². The number of thioether (sulfide) groups is 1. The third-order valence-corrected chi connectivity index (χ3v) is 6.30. The maximum atomic E-state index is 12.7. The fraction of sp³-hybridized carbons (Fsp3) is 0.261. The minimum absolute atomic E-state index is 0.0641. The van der Waals surface area contributed by atoms with Gasteiger partial charge in [0, 0.05) is 6.61 Å². The van der Waals surface area contributed by atoms with Crippen molar-refractivity contribution in [3.63, 3.8) is 0 Å². The third kappa shape index (κ3) is 4.80. The van der Waals surface area contributed by atoms with Crippen LogP contribution in [-0.2, 0) is 9.53 Å². The second-order valence-electron chi connectivity index (χ2n) is 7.26. The van der Waals surface area contributed by atoms with E-state index in [0.29, 0.717) is 27.1 Å². The Hall–Kier alpha value is -2.48. The smallest absolute Gasteiger partial charge is 0.343 e. The van der Waals surface area contributed by atoms with Gasteiger partial charge in [0.1, 0.15) is 10.1 Å². The number of hydrogen-bond acceptors (Lipinski definition) is 6. The summed E-state index contributed by atoms with van der Waals surface area (Å²) >= 11 is 6.68. The molecule has 2 heterocycles. The predicted molar refractivity (Wildman–Crippen MR) is 121 cm³/mol. The zero-order chi connectivity index (χ0) is 21.1. The molecule has 0 radical (unpaired) electrons. The van der Waals surface area contributed by atoms with Crippen molar-refractivity contribution in [2.45, 2.75) is 25.9 Å². The first kappa shape index (κ1) is 20.8. The van der Waals surface area contributed by atoms with Crippen LogP contribution in [0.5, 0.6) is 5.75 Å². The minimum atomic E-state index is -0.401. The standard InChI is InChI=1S/C23H21NO4S2/c1-15-4-2-5-17(12-15)22(26)28-18-9-7-16(8-10-18)13-20-21(25)24(23(29)30-20)14-19-6-3-11-27-19/h2,4-5,7-10,12-13,19H,3,6,11,14H2,1H3/b20-13-/t19-/m0/s1. The second kappa shape index (κ2) is 9.12. The zero-order valence-corrected chi connectivity index (χ0v) is 18.1. The average Bonchev–Trinajstić information content (AvgIpc) is 3.34. The Kier molecular flexibility index (Phi) is 6.32. The van der Waals surface area contributed by atoms with Crippen molar-refractivity contribution >= 4 is 46.3 Å². The number of hydrogen-bond donors (Lipinski definition) is 0. The zero-order valence-electron chi connectivity index (χ0n) is 16.5. The predicted octanol–water partition coefficient (Wildman–Crippen LogP) is 4.59. The molecule has 0 N–H and O–H groups in total. The van der Waals surface area contributed by atoms with Crippen LogP contribution in [0.4, 0.5) is 0 Å². The van der Waals surface area contributed by atoms with E-state index in [1.807, 2.05) is 31.2 Å². The van der Waals surface area contributed by atoms with Crippen LogP contribution in [0.3, 0.4) is 0 Å². The third-order valence-electron chi connectivity index (χ3n) is 4.93. The fourth-order valence-corrected chi connectivity index (χ4v) is 4.65. The molecule has 2 aliphatic heterocycles. The van der Waals surface area contributed by atoms with Crippen molar-refractivity contribution in [2.24, 2.45) is 0 Å². The Bertz CT molecular complexity index is 1010. The molecular formula is C23H21NO4S2. The fourth-order valence-electron chi connectivity index (χ4n) is 3.37. The number of rotatable bonds is 5. The SMILES string of the molecule is Cc1cccc(C(=O)Oc2ccc(/C=C3\SC(=S)N(C[C@@H]4CCCO4)C3=O)cc2)c1. The Morgan fingerprint density at radius 1 is 1.30 bits per heavy atom. The van der Waals surface area contributed by atoms with E-state index in [1.54, 1.807) is 35.2 Å². The van der Waals surface area contributed by atoms with Gasteiger partial charge >= 0.3 is 5.97 Å². The molecule has 7 heteroatoms. The molecule has 2 saturated heterocycles. The molecule has 1 atom stereocenters. The molecular weight excluding hydrogens is 418 g/mol. The largest absolute Gasteiger partial charge is 0.423 e. The van der Waals surface area contributed by atoms with Gasteiger partial charge in [0.15, 0.2) is 0 Å². The summed E-state index contributed by atoms with van der Waals surface area (Å²) in [4.78, 5) is 27.2. The van der Waals surface area contributed by atoms with Crippen molar-refractivity contribution in [3.8, 4) is 5.75 Å². The molecule has 0 unspecified atom stereocenters. The topological polar surface area (TPSA) is 55.8 Å². The van der Waals surface area contributed by atoms with Crippen LogP contribution in [0.1, 0.15) is 34.3 Å². The monoisotopic (exact) mass is 439 g/mol. The van der Waals surface area contributed by atoms with Gasteiger partial charge in [-0.3, -0.25) is 9.69 Å². The Balaban J connectivity index is 1.41. The van der Waals surface area contributed by atoms with Crippen LogP contribution >= 0.6 is 24.0 Å². The van der Waals surface area contributed by atoms with Gasteiger partial charge in [0.05, 0.1) is 23.1 Å². The van der Waals surface area contributed by atoms with Crippen molar-refractivity contribution in [3.05, 3.63) is 70.1 Å². The molecule has 154 valence electrons. The first-order valence-electron chi connectivity index (χ1n) is 9.75. The van der Waals surface area contributed by atoms with Crippen molar-refractivity contribution in [1.82, 2.24) is 4.90 Å². The van der Waals surface area contributed by atoms with Gasteiger partial charge in [-0.15, -0.1) is 0 Å². The number of aryl methyl sites for hydroxylation is 1. The van der Waals surface area contributed by atoms with E-state index in [4.69, 9.17) is 21.7 Å². The number of ether oxygens (including phenoxy) is 2. The van der Waals surface area contributed by atoms with Gasteiger partial charge in [-0.2, -0.15) is 0 Å². The van der Waals surface area contributed by atoms with Crippen LogP contribution in [-0.4, -0.2) is 40.4 Å². The lowest BCUT2D eigenvalue weighted by Gasteiger charge is -2.18. The molecule has 0 aromatic heterocycles. The van der Waals surface area contributed by atoms with E-state index >= 15 is 0 Å². The maximum absolute atomic E-state index is 12.7. The number of nitrogens with zero attached hydrogens (tertiary/aromatic N) is 1. The summed E-state index contributed by atoms with van der Waals surface area (Å²) in [5.41, 5.74) is 2.34. The summed E-state index contributed by atoms with van der Waals surface area (Å²) in [6.07, 6.45) is 3.85. The molecule has 4 rings (SSSR count). The second-order valence-corrected chi connectivity index (χ2v) is 8.93. The van der Waals surface area contributed by atoms with Crippen LogP contribution in [0, 0.1) is 6.92 Å². The normalized spacial score (nSPS) is 20.2. The van der Waals surface area contributed by atoms with E-state index in [-0.39, 0.29) is 12.0 Å². The Morgan fingerprint density at radius 2 is 2.10 bits per heavy atom. The van der Waals surface area contributed by atoms with Gasteiger partial charge in [0.25, 0.3) is 5.91 Å². The lowest BCUT2D eigenvalue weighted by Crippen LogP contribution is -2.35. The van der Waals surface area contributed by atoms with Crippen molar-refractivity contribution < 1.29 is 19.1 Å². The van der Waals surface area contributed by atoms with E-state index < -0.39 is 5.97 Å². The molecule has 2 aromatic carbocycles. The summed E-state index contributed by atoms with van der Waals surface area (Å²) in [5.74, 6) is -0.0403. The first-order valence-corrected chi connectivity index (χ1v) is 11.0. The van der Waals surface area contributed by atoms with Crippen molar-refractivity contribution in [1.29, 1.82) is 0 Å². The molecule has 1 amide bonds. The molecule has 2 aromatic rings. The Labute approximate surface area is 185 Å². The van der Waals surface area contributed by atoms with Gasteiger partial charge in [-0.05, 0) is 55.7 Å². The summed E-state index contributed by atoms with van der Waals surface area (Å²) in [5, 5.41) is 0. The quantitative estimate of drug-likeness (QED) is 0.294. The van der Waals surface area contributed by atoms with Gasteiger partial charge in [-0.1, -0.05) is 53.8 Å². The number of esters is 1. The molecule has 2 aliphatic rings. The van der Waals surface area contributed by atoms with Crippen LogP contribution in [0.15, 0.2) is 53.4 Å². The maximum Gasteiger partial charge on any atom is 0.343 e. The highest BCUT2D eigenvalue weighted by Crippen LogP contribution is 2.33. The molecule has 5 nitrogen and oxygen atoms in total. The molecule has 0 bridgehead atoms. The molecule has 0 saturated carbocycles. The van der Waals surface area contributed by atoms with Crippen LogP contribution in [0.25, 0.3) is 6.08 Å². The molecule has 30 heavy (non-hydrogen) atoms.